The maximum atomic E-state index is 12.1. The molecule has 0 radical (unpaired) electrons. The van der Waals surface area contributed by atoms with Gasteiger partial charge in [-0.15, -0.1) is 0 Å². The Morgan fingerprint density at radius 3 is 2.38 bits per heavy atom. The lowest BCUT2D eigenvalue weighted by Gasteiger charge is -2.08. The smallest absolute Gasteiger partial charge is 0.296 e. The van der Waals surface area contributed by atoms with Crippen LogP contribution in [0.1, 0.15) is 10.4 Å². The van der Waals surface area contributed by atoms with Gasteiger partial charge in [0.2, 0.25) is 0 Å². The minimum Gasteiger partial charge on any atom is -0.505 e. The number of phenolic OH excluding ortho intramolecular Hbond substituents is 1. The van der Waals surface area contributed by atoms with Crippen molar-refractivity contribution < 1.29 is 14.8 Å². The third-order valence-electron chi connectivity index (χ3n) is 2.58. The molecule has 0 unspecified atom stereocenters. The van der Waals surface area contributed by atoms with Crippen LogP contribution in [0, 0.1) is 10.1 Å². The Hall–Kier alpha value is -2.31. The van der Waals surface area contributed by atoms with Crippen LogP contribution in [0.5, 0.6) is 5.75 Å². The van der Waals surface area contributed by atoms with Gasteiger partial charge in [0, 0.05) is 21.7 Å². The maximum Gasteiger partial charge on any atom is 0.296 e. The molecule has 0 aliphatic carbocycles. The second kappa shape index (κ2) is 5.99. The summed E-state index contributed by atoms with van der Waals surface area (Å²) < 4.78 is 0. The number of aromatic hydroxyl groups is 1. The molecule has 0 saturated carbocycles. The number of rotatable bonds is 3. The lowest BCUT2D eigenvalue weighted by Crippen LogP contribution is -2.13. The number of carbonyl (C=O) groups is 1. The molecular formula is C13H8Cl2N2O4. The second-order valence-corrected chi connectivity index (χ2v) is 4.91. The van der Waals surface area contributed by atoms with E-state index in [1.807, 2.05) is 0 Å². The van der Waals surface area contributed by atoms with Crippen molar-refractivity contribution in [3.05, 3.63) is 62.1 Å². The SMILES string of the molecule is O=C(Nc1c(O)cccc1[N+](=O)[O-])c1cc(Cl)cc(Cl)c1. The number of anilines is 1. The van der Waals surface area contributed by atoms with Crippen LogP contribution in [-0.4, -0.2) is 15.9 Å². The minimum absolute atomic E-state index is 0.116. The first-order valence-electron chi connectivity index (χ1n) is 5.62. The van der Waals surface area contributed by atoms with Crippen molar-refractivity contribution in [3.8, 4) is 5.75 Å². The van der Waals surface area contributed by atoms with Crippen molar-refractivity contribution in [3.63, 3.8) is 0 Å². The zero-order chi connectivity index (χ0) is 15.6. The molecule has 0 fully saturated rings. The topological polar surface area (TPSA) is 92.5 Å². The van der Waals surface area contributed by atoms with E-state index in [4.69, 9.17) is 23.2 Å². The largest absolute Gasteiger partial charge is 0.505 e. The number of phenols is 1. The summed E-state index contributed by atoms with van der Waals surface area (Å²) in [6.45, 7) is 0. The van der Waals surface area contributed by atoms with Gasteiger partial charge in [-0.1, -0.05) is 29.3 Å². The number of halogens is 2. The van der Waals surface area contributed by atoms with Crippen molar-refractivity contribution in [2.45, 2.75) is 0 Å². The summed E-state index contributed by atoms with van der Waals surface area (Å²) in [6, 6.07) is 7.86. The highest BCUT2D eigenvalue weighted by Gasteiger charge is 2.20. The summed E-state index contributed by atoms with van der Waals surface area (Å²) in [5.74, 6) is -1.09. The van der Waals surface area contributed by atoms with E-state index in [1.54, 1.807) is 0 Å². The Labute approximate surface area is 129 Å². The van der Waals surface area contributed by atoms with Crippen molar-refractivity contribution in [1.82, 2.24) is 0 Å². The van der Waals surface area contributed by atoms with Crippen molar-refractivity contribution in [2.24, 2.45) is 0 Å². The van der Waals surface area contributed by atoms with Crippen LogP contribution in [0.2, 0.25) is 10.0 Å². The van der Waals surface area contributed by atoms with Gasteiger partial charge in [0.15, 0.2) is 5.69 Å². The molecular weight excluding hydrogens is 319 g/mol. The number of benzene rings is 2. The Morgan fingerprint density at radius 2 is 1.81 bits per heavy atom. The molecule has 0 aromatic heterocycles. The monoisotopic (exact) mass is 326 g/mol. The minimum atomic E-state index is -0.708. The highest BCUT2D eigenvalue weighted by atomic mass is 35.5. The molecule has 108 valence electrons. The highest BCUT2D eigenvalue weighted by Crippen LogP contribution is 2.33. The van der Waals surface area contributed by atoms with Gasteiger partial charge in [0.1, 0.15) is 5.75 Å². The normalized spacial score (nSPS) is 10.2. The van der Waals surface area contributed by atoms with Gasteiger partial charge in [-0.2, -0.15) is 0 Å². The molecule has 0 aliphatic heterocycles. The van der Waals surface area contributed by atoms with E-state index in [-0.39, 0.29) is 21.3 Å². The lowest BCUT2D eigenvalue weighted by molar-refractivity contribution is -0.384. The quantitative estimate of drug-likeness (QED) is 0.508. The Kier molecular flexibility index (Phi) is 4.30. The van der Waals surface area contributed by atoms with Crippen LogP contribution in [0.25, 0.3) is 0 Å². The molecule has 21 heavy (non-hydrogen) atoms. The number of nitrogens with one attached hydrogen (secondary N) is 1. The average Bonchev–Trinajstić information content (AvgIpc) is 2.39. The summed E-state index contributed by atoms with van der Waals surface area (Å²) in [6.07, 6.45) is 0. The number of hydrogen-bond acceptors (Lipinski definition) is 4. The van der Waals surface area contributed by atoms with Gasteiger partial charge in [-0.25, -0.2) is 0 Å². The molecule has 8 heteroatoms. The van der Waals surface area contributed by atoms with E-state index in [9.17, 15) is 20.0 Å². The molecule has 2 N–H and O–H groups in total. The van der Waals surface area contributed by atoms with Crippen molar-refractivity contribution in [1.29, 1.82) is 0 Å². The summed E-state index contributed by atoms with van der Waals surface area (Å²) in [4.78, 5) is 22.3. The van der Waals surface area contributed by atoms with Crippen LogP contribution in [0.3, 0.4) is 0 Å². The number of nitrogens with zero attached hydrogens (tertiary/aromatic N) is 1. The molecule has 1 amide bonds. The highest BCUT2D eigenvalue weighted by molar-refractivity contribution is 6.35. The lowest BCUT2D eigenvalue weighted by atomic mass is 10.2. The average molecular weight is 327 g/mol. The molecule has 0 heterocycles. The summed E-state index contributed by atoms with van der Waals surface area (Å²) in [5, 5.41) is 23.4. The van der Waals surface area contributed by atoms with E-state index < -0.39 is 22.3 Å². The fourth-order valence-corrected chi connectivity index (χ4v) is 2.21. The van der Waals surface area contributed by atoms with E-state index >= 15 is 0 Å². The van der Waals surface area contributed by atoms with E-state index in [0.717, 1.165) is 0 Å². The van der Waals surface area contributed by atoms with Crippen LogP contribution in [-0.2, 0) is 0 Å². The molecule has 2 aromatic rings. The fraction of sp³-hybridized carbons (Fsp3) is 0. The van der Waals surface area contributed by atoms with Crippen molar-refractivity contribution in [2.75, 3.05) is 5.32 Å². The van der Waals surface area contributed by atoms with E-state index in [0.29, 0.717) is 0 Å². The zero-order valence-corrected chi connectivity index (χ0v) is 11.9. The van der Waals surface area contributed by atoms with Gasteiger partial charge < -0.3 is 10.4 Å². The Morgan fingerprint density at radius 1 is 1.19 bits per heavy atom. The molecule has 0 bridgehead atoms. The number of nitro benzene ring substituents is 1. The third-order valence-corrected chi connectivity index (χ3v) is 3.02. The molecule has 2 aromatic carbocycles. The van der Waals surface area contributed by atoms with Crippen molar-refractivity contribution >= 4 is 40.5 Å². The number of nitro groups is 1. The molecule has 2 rings (SSSR count). The van der Waals surface area contributed by atoms with Gasteiger partial charge >= 0.3 is 0 Å². The van der Waals surface area contributed by atoms with Gasteiger partial charge in [-0.3, -0.25) is 14.9 Å². The summed E-state index contributed by atoms with van der Waals surface area (Å²) in [5.41, 5.74) is -0.592. The first-order chi connectivity index (χ1) is 9.88. The van der Waals surface area contributed by atoms with Gasteiger partial charge in [0.25, 0.3) is 11.6 Å². The Bertz CT molecular complexity index is 714. The third kappa shape index (κ3) is 3.42. The number of hydrogen-bond donors (Lipinski definition) is 2. The maximum absolute atomic E-state index is 12.1. The fourth-order valence-electron chi connectivity index (χ4n) is 1.68. The molecule has 0 spiro atoms. The van der Waals surface area contributed by atoms with Crippen LogP contribution in [0.4, 0.5) is 11.4 Å². The molecule has 6 nitrogen and oxygen atoms in total. The Balaban J connectivity index is 2.38. The first kappa shape index (κ1) is 15.1. The second-order valence-electron chi connectivity index (χ2n) is 4.04. The van der Waals surface area contributed by atoms with E-state index in [1.165, 1.54) is 36.4 Å². The van der Waals surface area contributed by atoms with E-state index in [2.05, 4.69) is 5.32 Å². The standard InChI is InChI=1S/C13H8Cl2N2O4/c14-8-4-7(5-9(15)6-8)13(19)16-12-10(17(20)21)2-1-3-11(12)18/h1-6,18H,(H,16,19). The number of amides is 1. The van der Waals surface area contributed by atoms with Gasteiger partial charge in [-0.05, 0) is 24.3 Å². The number of para-hydroxylation sites is 1. The summed E-state index contributed by atoms with van der Waals surface area (Å²) in [7, 11) is 0. The predicted molar refractivity (Wildman–Crippen MR) is 79.2 cm³/mol. The molecule has 0 aliphatic rings. The predicted octanol–water partition coefficient (Wildman–Crippen LogP) is 3.86. The number of carbonyl (C=O) groups excluding carboxylic acids is 1. The summed E-state index contributed by atoms with van der Waals surface area (Å²) >= 11 is 11.6. The first-order valence-corrected chi connectivity index (χ1v) is 6.38. The zero-order valence-electron chi connectivity index (χ0n) is 10.3. The van der Waals surface area contributed by atoms with Crippen LogP contribution < -0.4 is 5.32 Å². The van der Waals surface area contributed by atoms with Crippen LogP contribution in [0.15, 0.2) is 36.4 Å². The molecule has 0 saturated heterocycles. The van der Waals surface area contributed by atoms with Gasteiger partial charge in [0.05, 0.1) is 4.92 Å². The molecule has 0 atom stereocenters. The van der Waals surface area contributed by atoms with Crippen LogP contribution >= 0.6 is 23.2 Å².